The highest BCUT2D eigenvalue weighted by Crippen LogP contribution is 2.40. The highest BCUT2D eigenvalue weighted by Gasteiger charge is 2.29. The Balaban J connectivity index is 2.43. The van der Waals surface area contributed by atoms with Gasteiger partial charge in [0, 0.05) is 16.7 Å². The van der Waals surface area contributed by atoms with Crippen molar-refractivity contribution in [2.24, 2.45) is 9.72 Å². The molecule has 5 N–H and O–H groups in total. The van der Waals surface area contributed by atoms with Crippen LogP contribution in [0.1, 0.15) is 0 Å². The summed E-state index contributed by atoms with van der Waals surface area (Å²) in [5, 5.41) is 18.9. The van der Waals surface area contributed by atoms with Gasteiger partial charge in [-0.15, -0.1) is 15.1 Å². The first kappa shape index (κ1) is 16.9. The number of tetrazole rings is 1. The number of nitrogens with two attached hydrogens (primary N) is 2. The lowest BCUT2D eigenvalue weighted by atomic mass is 10.0. The van der Waals surface area contributed by atoms with Gasteiger partial charge >= 0.3 is 10.0 Å². The molecule has 1 aromatic carbocycles. The van der Waals surface area contributed by atoms with Gasteiger partial charge in [0.05, 0.1) is 10.1 Å². The molecule has 0 saturated carbocycles. The number of hydrogen-bond donors (Lipinski definition) is 3. The van der Waals surface area contributed by atoms with Crippen LogP contribution in [0.4, 0.5) is 5.82 Å². The quantitative estimate of drug-likeness (QED) is 0.426. The van der Waals surface area contributed by atoms with Crippen LogP contribution >= 0.6 is 11.9 Å². The fourth-order valence-corrected chi connectivity index (χ4v) is 3.92. The number of rotatable bonds is 5. The van der Waals surface area contributed by atoms with E-state index < -0.39 is 14.9 Å². The van der Waals surface area contributed by atoms with Gasteiger partial charge in [0.1, 0.15) is 10.7 Å². The molecule has 2 heterocycles. The summed E-state index contributed by atoms with van der Waals surface area (Å²) in [7, 11) is -4.53. The molecule has 0 amide bonds. The van der Waals surface area contributed by atoms with Gasteiger partial charge in [-0.05, 0) is 40.9 Å². The molecule has 0 aliphatic heterocycles. The van der Waals surface area contributed by atoms with Gasteiger partial charge in [0.15, 0.2) is 0 Å². The summed E-state index contributed by atoms with van der Waals surface area (Å²) in [6.45, 7) is 0. The van der Waals surface area contributed by atoms with Crippen molar-refractivity contribution in [2.75, 3.05) is 5.73 Å². The van der Waals surface area contributed by atoms with Crippen LogP contribution in [-0.4, -0.2) is 34.0 Å². The van der Waals surface area contributed by atoms with Crippen LogP contribution in [0.15, 0.2) is 44.8 Å². The van der Waals surface area contributed by atoms with E-state index in [4.69, 9.17) is 10.9 Å². The number of H-pyrrole nitrogens is 1. The van der Waals surface area contributed by atoms with Gasteiger partial charge in [-0.2, -0.15) is 13.6 Å². The summed E-state index contributed by atoms with van der Waals surface area (Å²) in [6, 6.07) is 6.25. The molecule has 0 saturated heterocycles. The van der Waals surface area contributed by atoms with E-state index in [0.29, 0.717) is 28.9 Å². The van der Waals surface area contributed by atoms with Crippen LogP contribution in [0.3, 0.4) is 0 Å². The number of anilines is 1. The molecule has 11 nitrogen and oxygen atoms in total. The van der Waals surface area contributed by atoms with E-state index in [1.54, 1.807) is 18.2 Å². The second-order valence-corrected chi connectivity index (χ2v) is 6.87. The molecule has 2 aromatic heterocycles. The third-order valence-corrected chi connectivity index (χ3v) is 5.13. The number of nitrogen functional groups attached to an aromatic ring is 1. The van der Waals surface area contributed by atoms with Gasteiger partial charge in [-0.25, -0.2) is 4.98 Å². The first-order valence-electron chi connectivity index (χ1n) is 6.57. The fraction of sp³-hybridized carbons (Fsp3) is 0. The number of pyridine rings is 1. The van der Waals surface area contributed by atoms with E-state index in [0.717, 1.165) is 0 Å². The largest absolute Gasteiger partial charge is 0.384 e. The van der Waals surface area contributed by atoms with Crippen LogP contribution in [0.2, 0.25) is 0 Å². The summed E-state index contributed by atoms with van der Waals surface area (Å²) in [6.07, 6.45) is 1.45. The summed E-state index contributed by atoms with van der Waals surface area (Å²) in [5.74, 6) is 0.256. The molecule has 0 aliphatic rings. The Kier molecular flexibility index (Phi) is 4.43. The predicted octanol–water partition coefficient (Wildman–Crippen LogP) is 0.932. The second kappa shape index (κ2) is 6.54. The standard InChI is InChI=1S/C12H10N8O3S2/c13-9-4-1-6(5-15-9)7-2-3-8(24-14)11(25(22,23)20-21)10(7)12-16-18-19-17-12/h1-5H,14H2,(H2,13,15)(H,16,17,18,19). The third kappa shape index (κ3) is 3.07. The van der Waals surface area contributed by atoms with Crippen LogP contribution in [0.5, 0.6) is 0 Å². The number of nitroso groups, excluding NO2 is 1. The minimum Gasteiger partial charge on any atom is -0.384 e. The molecular weight excluding hydrogens is 368 g/mol. The maximum absolute atomic E-state index is 12.3. The zero-order valence-corrected chi connectivity index (χ0v) is 14.0. The first-order chi connectivity index (χ1) is 12.0. The van der Waals surface area contributed by atoms with E-state index >= 15 is 0 Å². The minimum absolute atomic E-state index is 0.0371. The van der Waals surface area contributed by atoms with Gasteiger partial charge in [-0.1, -0.05) is 6.07 Å². The molecule has 0 fully saturated rings. The van der Waals surface area contributed by atoms with E-state index in [1.165, 1.54) is 12.3 Å². The molecule has 0 atom stereocenters. The van der Waals surface area contributed by atoms with Crippen molar-refractivity contribution in [1.82, 2.24) is 25.6 Å². The van der Waals surface area contributed by atoms with Crippen molar-refractivity contribution in [3.8, 4) is 22.5 Å². The SMILES string of the molecule is NSc1ccc(-c2ccc(N)nc2)c(-c2nn[nH]n2)c1S(=O)(=O)N=O. The third-order valence-electron chi connectivity index (χ3n) is 3.27. The summed E-state index contributed by atoms with van der Waals surface area (Å²) in [5.41, 5.74) is 6.55. The maximum Gasteiger partial charge on any atom is 0.318 e. The average Bonchev–Trinajstić information content (AvgIpc) is 3.15. The molecule has 0 aliphatic carbocycles. The smallest absolute Gasteiger partial charge is 0.318 e. The van der Waals surface area contributed by atoms with Crippen molar-refractivity contribution < 1.29 is 8.42 Å². The molecule has 3 aromatic rings. The molecule has 13 heteroatoms. The second-order valence-electron chi connectivity index (χ2n) is 4.69. The van der Waals surface area contributed by atoms with E-state index in [9.17, 15) is 13.3 Å². The van der Waals surface area contributed by atoms with Crippen molar-refractivity contribution >= 4 is 27.8 Å². The number of sulfonamides is 1. The van der Waals surface area contributed by atoms with Gasteiger partial charge in [0.2, 0.25) is 5.82 Å². The molecule has 0 bridgehead atoms. The zero-order valence-electron chi connectivity index (χ0n) is 12.3. The molecule has 0 unspecified atom stereocenters. The van der Waals surface area contributed by atoms with Crippen LogP contribution in [-0.2, 0) is 10.0 Å². The molecule has 3 rings (SSSR count). The Morgan fingerprint density at radius 2 is 2.00 bits per heavy atom. The van der Waals surface area contributed by atoms with E-state index in [-0.39, 0.29) is 16.3 Å². The lowest BCUT2D eigenvalue weighted by molar-refractivity contribution is 0.596. The zero-order chi connectivity index (χ0) is 18.0. The van der Waals surface area contributed by atoms with Crippen molar-refractivity contribution in [3.05, 3.63) is 35.4 Å². The number of hydrogen-bond acceptors (Lipinski definition) is 10. The van der Waals surface area contributed by atoms with Crippen molar-refractivity contribution in [2.45, 2.75) is 9.79 Å². The summed E-state index contributed by atoms with van der Waals surface area (Å²) >= 11 is 0.656. The van der Waals surface area contributed by atoms with Crippen LogP contribution in [0, 0.1) is 4.91 Å². The topological polar surface area (TPSA) is 183 Å². The molecule has 128 valence electrons. The van der Waals surface area contributed by atoms with Gasteiger partial charge in [-0.3, -0.25) is 5.14 Å². The summed E-state index contributed by atoms with van der Waals surface area (Å²) in [4.78, 5) is 14.6. The van der Waals surface area contributed by atoms with Gasteiger partial charge in [0.25, 0.3) is 0 Å². The van der Waals surface area contributed by atoms with E-state index in [1.807, 2.05) is 0 Å². The van der Waals surface area contributed by atoms with Gasteiger partial charge < -0.3 is 5.73 Å². The number of nitrogens with zero attached hydrogens (tertiary/aromatic N) is 5. The van der Waals surface area contributed by atoms with Crippen molar-refractivity contribution in [1.29, 1.82) is 0 Å². The highest BCUT2D eigenvalue weighted by atomic mass is 32.2. The lowest BCUT2D eigenvalue weighted by Crippen LogP contribution is -2.05. The Hall–Kier alpha value is -2.90. The normalized spacial score (nSPS) is 11.4. The predicted molar refractivity (Wildman–Crippen MR) is 90.3 cm³/mol. The maximum atomic E-state index is 12.3. The Labute approximate surface area is 145 Å². The Bertz CT molecular complexity index is 1020. The molecule has 0 spiro atoms. The monoisotopic (exact) mass is 378 g/mol. The lowest BCUT2D eigenvalue weighted by Gasteiger charge is -2.13. The van der Waals surface area contributed by atoms with Crippen LogP contribution < -0.4 is 10.9 Å². The fourth-order valence-electron chi connectivity index (χ4n) is 2.24. The Morgan fingerprint density at radius 1 is 1.20 bits per heavy atom. The number of benzene rings is 1. The number of aromatic amines is 1. The minimum atomic E-state index is -4.53. The number of nitrogens with one attached hydrogen (secondary N) is 1. The highest BCUT2D eigenvalue weighted by molar-refractivity contribution is 7.98. The molecule has 25 heavy (non-hydrogen) atoms. The summed E-state index contributed by atoms with van der Waals surface area (Å²) < 4.78 is 26.8. The first-order valence-corrected chi connectivity index (χ1v) is 8.89. The Morgan fingerprint density at radius 3 is 2.56 bits per heavy atom. The average molecular weight is 378 g/mol. The van der Waals surface area contributed by atoms with E-state index in [2.05, 4.69) is 30.2 Å². The molecular formula is C12H10N8O3S2. The van der Waals surface area contributed by atoms with Crippen molar-refractivity contribution in [3.63, 3.8) is 0 Å². The van der Waals surface area contributed by atoms with Crippen LogP contribution in [0.25, 0.3) is 22.5 Å². The molecule has 0 radical (unpaired) electrons. The number of aromatic nitrogens is 5.